The summed E-state index contributed by atoms with van der Waals surface area (Å²) in [6.07, 6.45) is 0.0790. The number of ether oxygens (including phenoxy) is 1. The molecule has 22 heavy (non-hydrogen) atoms. The highest BCUT2D eigenvalue weighted by molar-refractivity contribution is 7.13. The first-order chi connectivity index (χ1) is 10.5. The molecule has 1 saturated heterocycles. The smallest absolute Gasteiger partial charge is 0.273 e. The molecule has 2 heterocycles. The molecule has 5 heteroatoms. The van der Waals surface area contributed by atoms with Gasteiger partial charge in [-0.1, -0.05) is 29.8 Å². The normalized spacial score (nSPS) is 21.9. The van der Waals surface area contributed by atoms with Crippen LogP contribution in [0.3, 0.4) is 0 Å². The van der Waals surface area contributed by atoms with Gasteiger partial charge in [-0.3, -0.25) is 4.79 Å². The molecule has 1 aromatic carbocycles. The second-order valence-corrected chi connectivity index (χ2v) is 6.71. The van der Waals surface area contributed by atoms with Crippen molar-refractivity contribution < 1.29 is 9.53 Å². The van der Waals surface area contributed by atoms with Crippen molar-refractivity contribution in [3.05, 3.63) is 40.9 Å². The molecule has 0 radical (unpaired) electrons. The van der Waals surface area contributed by atoms with Gasteiger partial charge in [-0.15, -0.1) is 11.3 Å². The van der Waals surface area contributed by atoms with Gasteiger partial charge in [0.15, 0.2) is 0 Å². The lowest BCUT2D eigenvalue weighted by Gasteiger charge is -2.36. The molecule has 1 amide bonds. The zero-order valence-electron chi connectivity index (χ0n) is 13.1. The standard InChI is InChI=1S/C17H20N2O2S/c1-11-4-6-14(7-5-11)16-18-15(10-22-16)17(20)19-8-13(3)21-9-12(19)2/h4-7,10,12-13H,8-9H2,1-3H3. The molecule has 3 rings (SSSR count). The summed E-state index contributed by atoms with van der Waals surface area (Å²) < 4.78 is 5.58. The molecule has 0 aliphatic carbocycles. The highest BCUT2D eigenvalue weighted by Crippen LogP contribution is 2.25. The lowest BCUT2D eigenvalue weighted by atomic mass is 10.1. The van der Waals surface area contributed by atoms with Crippen LogP contribution in [0.15, 0.2) is 29.6 Å². The van der Waals surface area contributed by atoms with Gasteiger partial charge in [0.05, 0.1) is 18.8 Å². The number of thiazole rings is 1. The van der Waals surface area contributed by atoms with Crippen LogP contribution in [-0.4, -0.2) is 41.1 Å². The van der Waals surface area contributed by atoms with Crippen molar-refractivity contribution >= 4 is 17.2 Å². The number of nitrogens with zero attached hydrogens (tertiary/aromatic N) is 2. The van der Waals surface area contributed by atoms with Crippen LogP contribution in [0.25, 0.3) is 10.6 Å². The Kier molecular flexibility index (Phi) is 4.27. The van der Waals surface area contributed by atoms with Crippen LogP contribution >= 0.6 is 11.3 Å². The van der Waals surface area contributed by atoms with Gasteiger partial charge >= 0.3 is 0 Å². The number of hydrogen-bond donors (Lipinski definition) is 0. The van der Waals surface area contributed by atoms with E-state index in [1.54, 1.807) is 0 Å². The average molecular weight is 316 g/mol. The summed E-state index contributed by atoms with van der Waals surface area (Å²) >= 11 is 1.51. The van der Waals surface area contributed by atoms with E-state index in [1.165, 1.54) is 16.9 Å². The van der Waals surface area contributed by atoms with Gasteiger partial charge < -0.3 is 9.64 Å². The number of aryl methyl sites for hydroxylation is 1. The Morgan fingerprint density at radius 2 is 2.05 bits per heavy atom. The summed E-state index contributed by atoms with van der Waals surface area (Å²) in [5.74, 6) is -0.00254. The molecule has 0 spiro atoms. The first-order valence-corrected chi connectivity index (χ1v) is 8.37. The SMILES string of the molecule is Cc1ccc(-c2nc(C(=O)N3CC(C)OCC3C)cs2)cc1. The molecule has 2 aromatic rings. The number of hydrogen-bond acceptors (Lipinski definition) is 4. The third-order valence-corrected chi connectivity index (χ3v) is 4.78. The second-order valence-electron chi connectivity index (χ2n) is 5.85. The van der Waals surface area contributed by atoms with Crippen molar-refractivity contribution in [3.8, 4) is 10.6 Å². The first-order valence-electron chi connectivity index (χ1n) is 7.49. The lowest BCUT2D eigenvalue weighted by molar-refractivity contribution is -0.0388. The number of morpholine rings is 1. The van der Waals surface area contributed by atoms with E-state index in [4.69, 9.17) is 4.74 Å². The molecule has 1 aliphatic rings. The van der Waals surface area contributed by atoms with E-state index in [-0.39, 0.29) is 18.1 Å². The summed E-state index contributed by atoms with van der Waals surface area (Å²) in [7, 11) is 0. The predicted molar refractivity (Wildman–Crippen MR) is 88.2 cm³/mol. The largest absolute Gasteiger partial charge is 0.375 e. The molecule has 0 N–H and O–H groups in total. The van der Waals surface area contributed by atoms with Gasteiger partial charge in [0.2, 0.25) is 0 Å². The molecular weight excluding hydrogens is 296 g/mol. The molecular formula is C17H20N2O2S. The molecule has 0 saturated carbocycles. The van der Waals surface area contributed by atoms with Gasteiger partial charge in [-0.05, 0) is 20.8 Å². The van der Waals surface area contributed by atoms with E-state index < -0.39 is 0 Å². The molecule has 116 valence electrons. The fourth-order valence-electron chi connectivity index (χ4n) is 2.53. The van der Waals surface area contributed by atoms with Gasteiger partial charge in [0.1, 0.15) is 10.7 Å². The highest BCUT2D eigenvalue weighted by Gasteiger charge is 2.29. The number of rotatable bonds is 2. The van der Waals surface area contributed by atoms with Crippen LogP contribution in [0.5, 0.6) is 0 Å². The Hall–Kier alpha value is -1.72. The molecule has 4 nitrogen and oxygen atoms in total. The van der Waals surface area contributed by atoms with E-state index in [9.17, 15) is 4.79 Å². The van der Waals surface area contributed by atoms with E-state index in [1.807, 2.05) is 36.3 Å². The van der Waals surface area contributed by atoms with E-state index in [2.05, 4.69) is 24.0 Å². The quantitative estimate of drug-likeness (QED) is 0.853. The predicted octanol–water partition coefficient (Wildman–Crippen LogP) is 3.37. The van der Waals surface area contributed by atoms with Gasteiger partial charge in [-0.25, -0.2) is 4.98 Å². The Bertz CT molecular complexity index is 666. The maximum Gasteiger partial charge on any atom is 0.273 e. The van der Waals surface area contributed by atoms with Crippen molar-refractivity contribution in [1.29, 1.82) is 0 Å². The van der Waals surface area contributed by atoms with Gasteiger partial charge in [-0.2, -0.15) is 0 Å². The molecule has 1 aliphatic heterocycles. The average Bonchev–Trinajstić information content (AvgIpc) is 2.99. The van der Waals surface area contributed by atoms with Crippen LogP contribution in [0.4, 0.5) is 0 Å². The number of aromatic nitrogens is 1. The fraction of sp³-hybridized carbons (Fsp3) is 0.412. The summed E-state index contributed by atoms with van der Waals surface area (Å²) in [5.41, 5.74) is 2.80. The zero-order valence-corrected chi connectivity index (χ0v) is 13.9. The van der Waals surface area contributed by atoms with Crippen molar-refractivity contribution in [2.75, 3.05) is 13.2 Å². The summed E-state index contributed by atoms with van der Waals surface area (Å²) in [4.78, 5) is 19.1. The minimum atomic E-state index is -0.00254. The molecule has 2 atom stereocenters. The summed E-state index contributed by atoms with van der Waals surface area (Å²) in [5, 5.41) is 2.74. The maximum absolute atomic E-state index is 12.7. The van der Waals surface area contributed by atoms with Gasteiger partial charge in [0.25, 0.3) is 5.91 Å². The third kappa shape index (κ3) is 3.05. The second kappa shape index (κ2) is 6.18. The van der Waals surface area contributed by atoms with Crippen molar-refractivity contribution in [1.82, 2.24) is 9.88 Å². The van der Waals surface area contributed by atoms with Gasteiger partial charge in [0, 0.05) is 17.5 Å². The Morgan fingerprint density at radius 3 is 2.77 bits per heavy atom. The van der Waals surface area contributed by atoms with E-state index in [0.29, 0.717) is 18.8 Å². The summed E-state index contributed by atoms with van der Waals surface area (Å²) in [6, 6.07) is 8.30. The van der Waals surface area contributed by atoms with Crippen LogP contribution < -0.4 is 0 Å². The van der Waals surface area contributed by atoms with Crippen molar-refractivity contribution in [2.24, 2.45) is 0 Å². The van der Waals surface area contributed by atoms with Crippen LogP contribution in [0.1, 0.15) is 29.9 Å². The molecule has 1 fully saturated rings. The monoisotopic (exact) mass is 316 g/mol. The minimum absolute atomic E-state index is 0.00254. The lowest BCUT2D eigenvalue weighted by Crippen LogP contribution is -2.50. The third-order valence-electron chi connectivity index (χ3n) is 3.89. The Labute approximate surface area is 134 Å². The molecule has 2 unspecified atom stereocenters. The molecule has 1 aromatic heterocycles. The minimum Gasteiger partial charge on any atom is -0.375 e. The number of amides is 1. The maximum atomic E-state index is 12.7. The Balaban J connectivity index is 1.81. The fourth-order valence-corrected chi connectivity index (χ4v) is 3.33. The highest BCUT2D eigenvalue weighted by atomic mass is 32.1. The summed E-state index contributed by atoms with van der Waals surface area (Å²) in [6.45, 7) is 7.27. The number of carbonyl (C=O) groups is 1. The zero-order chi connectivity index (χ0) is 15.7. The molecule has 0 bridgehead atoms. The van der Waals surface area contributed by atoms with E-state index in [0.717, 1.165) is 10.6 Å². The number of benzene rings is 1. The number of carbonyl (C=O) groups excluding carboxylic acids is 1. The van der Waals surface area contributed by atoms with Crippen LogP contribution in [0, 0.1) is 6.92 Å². The van der Waals surface area contributed by atoms with E-state index >= 15 is 0 Å². The van der Waals surface area contributed by atoms with Crippen molar-refractivity contribution in [3.63, 3.8) is 0 Å². The Morgan fingerprint density at radius 1 is 1.32 bits per heavy atom. The topological polar surface area (TPSA) is 42.4 Å². The van der Waals surface area contributed by atoms with Crippen LogP contribution in [-0.2, 0) is 4.74 Å². The first kappa shape index (κ1) is 15.2. The van der Waals surface area contributed by atoms with Crippen LogP contribution in [0.2, 0.25) is 0 Å². The van der Waals surface area contributed by atoms with Crippen molar-refractivity contribution in [2.45, 2.75) is 32.9 Å².